The zero-order valence-electron chi connectivity index (χ0n) is 13.2. The van der Waals surface area contributed by atoms with Crippen LogP contribution < -0.4 is 10.1 Å². The van der Waals surface area contributed by atoms with Crippen molar-refractivity contribution in [2.75, 3.05) is 12.4 Å². The predicted molar refractivity (Wildman–Crippen MR) is 92.6 cm³/mol. The molecule has 1 heterocycles. The highest BCUT2D eigenvalue weighted by Crippen LogP contribution is 2.26. The fourth-order valence-corrected chi connectivity index (χ4v) is 2.44. The van der Waals surface area contributed by atoms with Crippen molar-refractivity contribution in [2.24, 2.45) is 0 Å². The number of carbonyl (C=O) groups excluding carboxylic acids is 1. The fourth-order valence-electron chi connectivity index (χ4n) is 2.19. The molecule has 2 aromatic carbocycles. The third-order valence-corrected chi connectivity index (χ3v) is 3.80. The van der Waals surface area contributed by atoms with Crippen LogP contribution in [0, 0.1) is 6.92 Å². The van der Waals surface area contributed by atoms with E-state index in [1.54, 1.807) is 18.2 Å². The molecule has 1 N–H and O–H groups in total. The van der Waals surface area contributed by atoms with E-state index >= 15 is 0 Å². The maximum Gasteiger partial charge on any atom is 0.258 e. The van der Waals surface area contributed by atoms with Gasteiger partial charge in [0.05, 0.1) is 12.1 Å². The molecule has 0 spiro atoms. The molecule has 0 unspecified atom stereocenters. The van der Waals surface area contributed by atoms with E-state index in [0.29, 0.717) is 22.0 Å². The summed E-state index contributed by atoms with van der Waals surface area (Å²) in [7, 11) is 1.52. The number of carbonyl (C=O) groups is 1. The number of halogens is 1. The molecule has 6 heteroatoms. The first-order valence-electron chi connectivity index (χ1n) is 7.25. The van der Waals surface area contributed by atoms with E-state index in [2.05, 4.69) is 10.5 Å². The highest BCUT2D eigenvalue weighted by atomic mass is 35.5. The van der Waals surface area contributed by atoms with Crippen LogP contribution in [0.15, 0.2) is 53.1 Å². The minimum absolute atomic E-state index is 0.266. The van der Waals surface area contributed by atoms with Crippen LogP contribution in [0.2, 0.25) is 5.02 Å². The van der Waals surface area contributed by atoms with Gasteiger partial charge in [-0.05, 0) is 25.1 Å². The summed E-state index contributed by atoms with van der Waals surface area (Å²) in [6.07, 6.45) is 0. The van der Waals surface area contributed by atoms with Crippen molar-refractivity contribution in [3.8, 4) is 17.0 Å². The van der Waals surface area contributed by atoms with E-state index in [9.17, 15) is 4.79 Å². The van der Waals surface area contributed by atoms with Crippen LogP contribution in [0.4, 0.5) is 5.88 Å². The second-order valence-corrected chi connectivity index (χ2v) is 5.65. The molecule has 122 valence electrons. The molecule has 0 saturated carbocycles. The summed E-state index contributed by atoms with van der Waals surface area (Å²) in [5.74, 6) is 0.434. The number of rotatable bonds is 4. The highest BCUT2D eigenvalue weighted by Gasteiger charge is 2.13. The third kappa shape index (κ3) is 3.41. The zero-order valence-corrected chi connectivity index (χ0v) is 13.9. The average molecular weight is 343 g/mol. The molecule has 3 rings (SSSR count). The summed E-state index contributed by atoms with van der Waals surface area (Å²) in [4.78, 5) is 12.3. The molecular formula is C18H15ClN2O3. The van der Waals surface area contributed by atoms with Gasteiger partial charge in [-0.15, -0.1) is 0 Å². The Morgan fingerprint density at radius 1 is 1.17 bits per heavy atom. The second kappa shape index (κ2) is 6.76. The van der Waals surface area contributed by atoms with Gasteiger partial charge in [0, 0.05) is 17.2 Å². The Morgan fingerprint density at radius 2 is 1.92 bits per heavy atom. The first-order valence-corrected chi connectivity index (χ1v) is 7.63. The van der Waals surface area contributed by atoms with Gasteiger partial charge in [0.25, 0.3) is 5.91 Å². The number of benzene rings is 2. The SMILES string of the molecule is COc1ccc(C(=O)Nc2cc(-c3ccc(C)cc3)no2)cc1Cl. The summed E-state index contributed by atoms with van der Waals surface area (Å²) in [5, 5.41) is 6.99. The number of ether oxygens (including phenoxy) is 1. The first-order chi connectivity index (χ1) is 11.6. The molecule has 0 aliphatic rings. The van der Waals surface area contributed by atoms with Crippen LogP contribution in [0.5, 0.6) is 5.75 Å². The molecule has 0 saturated heterocycles. The Balaban J connectivity index is 1.75. The molecule has 0 bridgehead atoms. The molecule has 5 nitrogen and oxygen atoms in total. The zero-order chi connectivity index (χ0) is 17.1. The van der Waals surface area contributed by atoms with Crippen molar-refractivity contribution in [1.82, 2.24) is 5.16 Å². The number of anilines is 1. The van der Waals surface area contributed by atoms with Crippen molar-refractivity contribution in [3.63, 3.8) is 0 Å². The van der Waals surface area contributed by atoms with E-state index < -0.39 is 0 Å². The Labute approximate surface area is 144 Å². The van der Waals surface area contributed by atoms with E-state index in [4.69, 9.17) is 20.9 Å². The van der Waals surface area contributed by atoms with Gasteiger partial charge >= 0.3 is 0 Å². The molecule has 3 aromatic rings. The van der Waals surface area contributed by atoms with Crippen molar-refractivity contribution in [1.29, 1.82) is 0 Å². The lowest BCUT2D eigenvalue weighted by Crippen LogP contribution is -2.11. The maximum atomic E-state index is 12.3. The van der Waals surface area contributed by atoms with Crippen LogP contribution in [-0.2, 0) is 0 Å². The summed E-state index contributed by atoms with van der Waals surface area (Å²) in [6.45, 7) is 2.01. The summed E-state index contributed by atoms with van der Waals surface area (Å²) >= 11 is 6.03. The van der Waals surface area contributed by atoms with Gasteiger partial charge in [0.1, 0.15) is 11.4 Å². The Kier molecular flexibility index (Phi) is 4.53. The monoisotopic (exact) mass is 342 g/mol. The number of methoxy groups -OCH3 is 1. The lowest BCUT2D eigenvalue weighted by molar-refractivity contribution is 0.102. The van der Waals surface area contributed by atoms with Crippen LogP contribution in [-0.4, -0.2) is 18.2 Å². The molecule has 0 radical (unpaired) electrons. The van der Waals surface area contributed by atoms with Gasteiger partial charge in [-0.3, -0.25) is 10.1 Å². The number of amides is 1. The summed E-state index contributed by atoms with van der Waals surface area (Å²) in [6, 6.07) is 14.3. The molecule has 1 amide bonds. The number of nitrogens with zero attached hydrogens (tertiary/aromatic N) is 1. The fraction of sp³-hybridized carbons (Fsp3) is 0.111. The second-order valence-electron chi connectivity index (χ2n) is 5.25. The molecule has 24 heavy (non-hydrogen) atoms. The van der Waals surface area contributed by atoms with Crippen molar-refractivity contribution >= 4 is 23.4 Å². The van der Waals surface area contributed by atoms with E-state index in [0.717, 1.165) is 11.1 Å². The van der Waals surface area contributed by atoms with Gasteiger partial charge in [-0.25, -0.2) is 0 Å². The molecular weight excluding hydrogens is 328 g/mol. The molecule has 1 aromatic heterocycles. The number of aromatic nitrogens is 1. The molecule has 0 atom stereocenters. The summed E-state index contributed by atoms with van der Waals surface area (Å²) in [5.41, 5.74) is 3.12. The first kappa shape index (κ1) is 16.1. The Hall–Kier alpha value is -2.79. The number of nitrogens with one attached hydrogen (secondary N) is 1. The van der Waals surface area contributed by atoms with Gasteiger partial charge in [0.15, 0.2) is 0 Å². The van der Waals surface area contributed by atoms with Gasteiger partial charge in [0.2, 0.25) is 5.88 Å². The average Bonchev–Trinajstić information content (AvgIpc) is 3.04. The standard InChI is InChI=1S/C18H15ClN2O3/c1-11-3-5-12(6-4-11)15-10-17(24-21-15)20-18(22)13-7-8-16(23-2)14(19)9-13/h3-10H,1-2H3,(H,20,22). The van der Waals surface area contributed by atoms with E-state index in [-0.39, 0.29) is 11.8 Å². The van der Waals surface area contributed by atoms with Crippen molar-refractivity contribution in [3.05, 3.63) is 64.7 Å². The minimum atomic E-state index is -0.342. The topological polar surface area (TPSA) is 64.4 Å². The number of aryl methyl sites for hydroxylation is 1. The van der Waals surface area contributed by atoms with Gasteiger partial charge in [-0.1, -0.05) is 46.6 Å². The Morgan fingerprint density at radius 3 is 2.58 bits per heavy atom. The van der Waals surface area contributed by atoms with Crippen LogP contribution in [0.25, 0.3) is 11.3 Å². The smallest absolute Gasteiger partial charge is 0.258 e. The predicted octanol–water partition coefficient (Wildman–Crippen LogP) is 4.56. The molecule has 0 fully saturated rings. The highest BCUT2D eigenvalue weighted by molar-refractivity contribution is 6.32. The third-order valence-electron chi connectivity index (χ3n) is 3.51. The minimum Gasteiger partial charge on any atom is -0.495 e. The normalized spacial score (nSPS) is 10.5. The van der Waals surface area contributed by atoms with Crippen LogP contribution in [0.1, 0.15) is 15.9 Å². The van der Waals surface area contributed by atoms with Gasteiger partial charge in [-0.2, -0.15) is 0 Å². The van der Waals surface area contributed by atoms with Gasteiger partial charge < -0.3 is 9.26 Å². The largest absolute Gasteiger partial charge is 0.495 e. The van der Waals surface area contributed by atoms with Crippen molar-refractivity contribution in [2.45, 2.75) is 6.92 Å². The Bertz CT molecular complexity index is 872. The molecule has 0 aliphatic carbocycles. The molecule has 0 aliphatic heterocycles. The van der Waals surface area contributed by atoms with Crippen LogP contribution >= 0.6 is 11.6 Å². The summed E-state index contributed by atoms with van der Waals surface area (Å²) < 4.78 is 10.2. The quantitative estimate of drug-likeness (QED) is 0.754. The number of hydrogen-bond donors (Lipinski definition) is 1. The van der Waals surface area contributed by atoms with Crippen LogP contribution in [0.3, 0.4) is 0 Å². The van der Waals surface area contributed by atoms with E-state index in [1.807, 2.05) is 31.2 Å². The van der Waals surface area contributed by atoms with E-state index in [1.165, 1.54) is 13.2 Å². The number of hydrogen-bond acceptors (Lipinski definition) is 4. The lowest BCUT2D eigenvalue weighted by Gasteiger charge is -2.05. The lowest BCUT2D eigenvalue weighted by atomic mass is 10.1. The maximum absolute atomic E-state index is 12.3. The van der Waals surface area contributed by atoms with Crippen molar-refractivity contribution < 1.29 is 14.1 Å².